The van der Waals surface area contributed by atoms with Gasteiger partial charge in [0.2, 0.25) is 0 Å². The normalized spacial score (nSPS) is 12.2. The van der Waals surface area contributed by atoms with Crippen molar-refractivity contribution in [2.45, 2.75) is 26.8 Å². The van der Waals surface area contributed by atoms with Crippen LogP contribution in [0.1, 0.15) is 29.8 Å². The first-order chi connectivity index (χ1) is 8.54. The molecule has 3 heteroatoms. The molecule has 0 saturated heterocycles. The number of aromatic nitrogens is 1. The number of hydrogen-bond acceptors (Lipinski definition) is 3. The van der Waals surface area contributed by atoms with E-state index in [1.165, 1.54) is 11.1 Å². The van der Waals surface area contributed by atoms with E-state index in [2.05, 4.69) is 24.9 Å². The van der Waals surface area contributed by atoms with Crippen molar-refractivity contribution in [1.82, 2.24) is 4.98 Å². The standard InChI is InChI=1S/C15H18N2O/c1-10-6-11(2)8-14(7-10)18-13-4-5-15(12(3)16)17-9-13/h4-9,12H,16H2,1-3H3/t12-/m0/s1. The molecular weight excluding hydrogens is 224 g/mol. The Kier molecular flexibility index (Phi) is 3.63. The van der Waals surface area contributed by atoms with Gasteiger partial charge in [-0.1, -0.05) is 6.07 Å². The average Bonchev–Trinajstić information content (AvgIpc) is 2.28. The number of hydrogen-bond donors (Lipinski definition) is 1. The average molecular weight is 242 g/mol. The minimum atomic E-state index is -0.0553. The molecule has 0 aliphatic heterocycles. The van der Waals surface area contributed by atoms with Crippen molar-refractivity contribution in [3.05, 3.63) is 53.3 Å². The van der Waals surface area contributed by atoms with Gasteiger partial charge in [-0.25, -0.2) is 0 Å². The molecule has 2 rings (SSSR count). The molecule has 1 aromatic carbocycles. The van der Waals surface area contributed by atoms with Gasteiger partial charge in [0.1, 0.15) is 11.5 Å². The summed E-state index contributed by atoms with van der Waals surface area (Å²) in [5.41, 5.74) is 8.99. The Morgan fingerprint density at radius 3 is 2.22 bits per heavy atom. The van der Waals surface area contributed by atoms with E-state index in [4.69, 9.17) is 10.5 Å². The van der Waals surface area contributed by atoms with Gasteiger partial charge in [0.25, 0.3) is 0 Å². The van der Waals surface area contributed by atoms with Crippen molar-refractivity contribution in [2.75, 3.05) is 0 Å². The third-order valence-corrected chi connectivity index (χ3v) is 2.66. The Hall–Kier alpha value is -1.87. The van der Waals surface area contributed by atoms with Crippen LogP contribution < -0.4 is 10.5 Å². The predicted octanol–water partition coefficient (Wildman–Crippen LogP) is 3.51. The lowest BCUT2D eigenvalue weighted by Crippen LogP contribution is -2.06. The molecule has 0 radical (unpaired) electrons. The van der Waals surface area contributed by atoms with Crippen LogP contribution in [0.2, 0.25) is 0 Å². The summed E-state index contributed by atoms with van der Waals surface area (Å²) in [6.45, 7) is 6.02. The molecule has 0 fully saturated rings. The Labute approximate surface area is 108 Å². The van der Waals surface area contributed by atoms with E-state index in [1.807, 2.05) is 31.2 Å². The monoisotopic (exact) mass is 242 g/mol. The number of nitrogens with two attached hydrogens (primary N) is 1. The molecule has 0 amide bonds. The fourth-order valence-electron chi connectivity index (χ4n) is 1.85. The van der Waals surface area contributed by atoms with Crippen LogP contribution in [0, 0.1) is 13.8 Å². The fourth-order valence-corrected chi connectivity index (χ4v) is 1.85. The Bertz CT molecular complexity index is 512. The minimum Gasteiger partial charge on any atom is -0.456 e. The van der Waals surface area contributed by atoms with E-state index in [0.717, 1.165) is 17.2 Å². The van der Waals surface area contributed by atoms with Crippen LogP contribution in [0.15, 0.2) is 36.5 Å². The van der Waals surface area contributed by atoms with Crippen LogP contribution in [0.5, 0.6) is 11.5 Å². The molecular formula is C15H18N2O. The molecule has 1 heterocycles. The summed E-state index contributed by atoms with van der Waals surface area (Å²) < 4.78 is 5.77. The van der Waals surface area contributed by atoms with Gasteiger partial charge >= 0.3 is 0 Å². The maximum atomic E-state index is 5.77. The maximum Gasteiger partial charge on any atom is 0.145 e. The van der Waals surface area contributed by atoms with Crippen LogP contribution in [0.4, 0.5) is 0 Å². The number of aryl methyl sites for hydroxylation is 2. The molecule has 2 aromatic rings. The highest BCUT2D eigenvalue weighted by Crippen LogP contribution is 2.23. The van der Waals surface area contributed by atoms with Gasteiger partial charge in [0.15, 0.2) is 0 Å². The van der Waals surface area contributed by atoms with Crippen LogP contribution in [-0.2, 0) is 0 Å². The molecule has 3 nitrogen and oxygen atoms in total. The lowest BCUT2D eigenvalue weighted by molar-refractivity contribution is 0.478. The van der Waals surface area contributed by atoms with Crippen molar-refractivity contribution in [1.29, 1.82) is 0 Å². The molecule has 0 aliphatic carbocycles. The van der Waals surface area contributed by atoms with Gasteiger partial charge in [-0.2, -0.15) is 0 Å². The smallest absolute Gasteiger partial charge is 0.145 e. The van der Waals surface area contributed by atoms with Crippen molar-refractivity contribution in [3.8, 4) is 11.5 Å². The summed E-state index contributed by atoms with van der Waals surface area (Å²) in [4.78, 5) is 4.27. The van der Waals surface area contributed by atoms with Crippen molar-refractivity contribution in [3.63, 3.8) is 0 Å². The first-order valence-corrected chi connectivity index (χ1v) is 6.02. The molecule has 1 atom stereocenters. The zero-order valence-corrected chi connectivity index (χ0v) is 11.0. The summed E-state index contributed by atoms with van der Waals surface area (Å²) in [7, 11) is 0. The van der Waals surface area contributed by atoms with Crippen molar-refractivity contribution in [2.24, 2.45) is 5.73 Å². The molecule has 0 bridgehead atoms. The van der Waals surface area contributed by atoms with Crippen LogP contribution in [0.3, 0.4) is 0 Å². The second kappa shape index (κ2) is 5.19. The number of pyridine rings is 1. The summed E-state index contributed by atoms with van der Waals surface area (Å²) in [5, 5.41) is 0. The van der Waals surface area contributed by atoms with E-state index in [9.17, 15) is 0 Å². The number of rotatable bonds is 3. The van der Waals surface area contributed by atoms with E-state index in [0.29, 0.717) is 0 Å². The second-order valence-electron chi connectivity index (χ2n) is 4.63. The van der Waals surface area contributed by atoms with E-state index < -0.39 is 0 Å². The second-order valence-corrected chi connectivity index (χ2v) is 4.63. The largest absolute Gasteiger partial charge is 0.456 e. The van der Waals surface area contributed by atoms with Crippen LogP contribution in [0.25, 0.3) is 0 Å². The zero-order valence-electron chi connectivity index (χ0n) is 11.0. The van der Waals surface area contributed by atoms with Gasteiger partial charge in [0.05, 0.1) is 11.9 Å². The highest BCUT2D eigenvalue weighted by molar-refractivity contribution is 5.36. The Morgan fingerprint density at radius 2 is 1.72 bits per heavy atom. The number of benzene rings is 1. The Morgan fingerprint density at radius 1 is 1.06 bits per heavy atom. The van der Waals surface area contributed by atoms with Crippen molar-refractivity contribution < 1.29 is 4.74 Å². The van der Waals surface area contributed by atoms with Gasteiger partial charge in [0, 0.05) is 6.04 Å². The summed E-state index contributed by atoms with van der Waals surface area (Å²) in [6, 6.07) is 9.86. The SMILES string of the molecule is Cc1cc(C)cc(Oc2ccc([C@H](C)N)nc2)c1. The van der Waals surface area contributed by atoms with Gasteiger partial charge in [-0.15, -0.1) is 0 Å². The molecule has 18 heavy (non-hydrogen) atoms. The molecule has 1 aromatic heterocycles. The third kappa shape index (κ3) is 3.08. The van der Waals surface area contributed by atoms with Crippen molar-refractivity contribution >= 4 is 0 Å². The molecule has 0 saturated carbocycles. The highest BCUT2D eigenvalue weighted by Gasteiger charge is 2.03. The summed E-state index contributed by atoms with van der Waals surface area (Å²) in [5.74, 6) is 1.56. The number of ether oxygens (including phenoxy) is 1. The fraction of sp³-hybridized carbons (Fsp3) is 0.267. The lowest BCUT2D eigenvalue weighted by Gasteiger charge is -2.09. The van der Waals surface area contributed by atoms with E-state index >= 15 is 0 Å². The predicted molar refractivity (Wildman–Crippen MR) is 72.8 cm³/mol. The minimum absolute atomic E-state index is 0.0553. The first-order valence-electron chi connectivity index (χ1n) is 6.02. The van der Waals surface area contributed by atoms with Gasteiger partial charge in [-0.3, -0.25) is 4.98 Å². The zero-order chi connectivity index (χ0) is 13.1. The topological polar surface area (TPSA) is 48.1 Å². The van der Waals surface area contributed by atoms with E-state index in [-0.39, 0.29) is 6.04 Å². The van der Waals surface area contributed by atoms with E-state index in [1.54, 1.807) is 6.20 Å². The maximum absolute atomic E-state index is 5.77. The first kappa shape index (κ1) is 12.6. The summed E-state index contributed by atoms with van der Waals surface area (Å²) in [6.07, 6.45) is 1.70. The number of nitrogens with zero attached hydrogens (tertiary/aromatic N) is 1. The summed E-state index contributed by atoms with van der Waals surface area (Å²) >= 11 is 0. The van der Waals surface area contributed by atoms with Crippen LogP contribution in [-0.4, -0.2) is 4.98 Å². The third-order valence-electron chi connectivity index (χ3n) is 2.66. The van der Waals surface area contributed by atoms with Crippen LogP contribution >= 0.6 is 0 Å². The molecule has 0 unspecified atom stereocenters. The van der Waals surface area contributed by atoms with Gasteiger partial charge in [-0.05, 0) is 56.2 Å². The molecule has 0 spiro atoms. The lowest BCUT2D eigenvalue weighted by atomic mass is 10.1. The molecule has 2 N–H and O–H groups in total. The van der Waals surface area contributed by atoms with Gasteiger partial charge < -0.3 is 10.5 Å². The molecule has 0 aliphatic rings. The quantitative estimate of drug-likeness (QED) is 0.896. The Balaban J connectivity index is 2.18. The molecule has 94 valence electrons. The highest BCUT2D eigenvalue weighted by atomic mass is 16.5.